The number of para-hydroxylation sites is 1. The number of alkyl halides is 3. The molecule has 2 nitrogen and oxygen atoms in total. The van der Waals surface area contributed by atoms with Gasteiger partial charge in [-0.3, -0.25) is 0 Å². The molecule has 1 aromatic carbocycles. The molecular weight excluding hydrogens is 253 g/mol. The van der Waals surface area contributed by atoms with Gasteiger partial charge in [0.2, 0.25) is 0 Å². The Kier molecular flexibility index (Phi) is 3.85. The molecular formula is C14H17F3N2. The van der Waals surface area contributed by atoms with Crippen molar-refractivity contribution < 1.29 is 13.2 Å². The summed E-state index contributed by atoms with van der Waals surface area (Å²) in [4.78, 5) is 1.94. The van der Waals surface area contributed by atoms with Crippen LogP contribution in [0.4, 0.5) is 18.9 Å². The van der Waals surface area contributed by atoms with Crippen molar-refractivity contribution in [3.05, 3.63) is 41.5 Å². The number of nitrogens with two attached hydrogens (primary N) is 1. The molecule has 0 bridgehead atoms. The van der Waals surface area contributed by atoms with E-state index in [1.54, 1.807) is 0 Å². The quantitative estimate of drug-likeness (QED) is 0.834. The second-order valence-electron chi connectivity index (χ2n) is 4.77. The third-order valence-electron chi connectivity index (χ3n) is 3.34. The summed E-state index contributed by atoms with van der Waals surface area (Å²) in [5.74, 6) is 0. The molecule has 0 aromatic heterocycles. The van der Waals surface area contributed by atoms with Gasteiger partial charge in [0.15, 0.2) is 0 Å². The average molecular weight is 270 g/mol. The summed E-state index contributed by atoms with van der Waals surface area (Å²) in [5, 5.41) is 0. The van der Waals surface area contributed by atoms with Crippen LogP contribution >= 0.6 is 0 Å². The second kappa shape index (κ2) is 5.25. The Morgan fingerprint density at radius 3 is 2.47 bits per heavy atom. The zero-order valence-corrected chi connectivity index (χ0v) is 10.7. The van der Waals surface area contributed by atoms with E-state index in [-0.39, 0.29) is 19.0 Å². The molecule has 1 heterocycles. The molecule has 0 unspecified atom stereocenters. The van der Waals surface area contributed by atoms with Crippen molar-refractivity contribution in [3.8, 4) is 0 Å². The minimum absolute atomic E-state index is 0.0246. The molecule has 0 amide bonds. The zero-order chi connectivity index (χ0) is 14.0. The Hall–Kier alpha value is -1.49. The first kappa shape index (κ1) is 13.9. The van der Waals surface area contributed by atoms with Gasteiger partial charge in [-0.15, -0.1) is 0 Å². The van der Waals surface area contributed by atoms with Gasteiger partial charge in [-0.1, -0.05) is 24.3 Å². The zero-order valence-electron chi connectivity index (χ0n) is 10.7. The van der Waals surface area contributed by atoms with Crippen molar-refractivity contribution in [2.45, 2.75) is 25.6 Å². The van der Waals surface area contributed by atoms with E-state index in [0.29, 0.717) is 6.54 Å². The fraction of sp³-hybridized carbons (Fsp3) is 0.429. The van der Waals surface area contributed by atoms with Crippen molar-refractivity contribution in [2.24, 2.45) is 5.73 Å². The molecule has 0 spiro atoms. The van der Waals surface area contributed by atoms with Gasteiger partial charge in [-0.2, -0.15) is 13.2 Å². The van der Waals surface area contributed by atoms with E-state index in [1.807, 2.05) is 36.1 Å². The molecule has 1 aliphatic heterocycles. The van der Waals surface area contributed by atoms with Crippen LogP contribution in [0.1, 0.15) is 24.9 Å². The van der Waals surface area contributed by atoms with Crippen LogP contribution in [0.3, 0.4) is 0 Å². The average Bonchev–Trinajstić information content (AvgIpc) is 2.38. The van der Waals surface area contributed by atoms with E-state index in [1.165, 1.54) is 6.08 Å². The van der Waals surface area contributed by atoms with Gasteiger partial charge in [0.25, 0.3) is 0 Å². The van der Waals surface area contributed by atoms with Crippen molar-refractivity contribution >= 4 is 5.69 Å². The lowest BCUT2D eigenvalue weighted by Gasteiger charge is -2.31. The lowest BCUT2D eigenvalue weighted by molar-refractivity contribution is -0.0943. The largest absolute Gasteiger partial charge is 0.412 e. The van der Waals surface area contributed by atoms with Gasteiger partial charge >= 0.3 is 6.18 Å². The third-order valence-corrected chi connectivity index (χ3v) is 3.34. The second-order valence-corrected chi connectivity index (χ2v) is 4.77. The van der Waals surface area contributed by atoms with Crippen LogP contribution in [0, 0.1) is 0 Å². The van der Waals surface area contributed by atoms with Gasteiger partial charge in [0.05, 0.1) is 0 Å². The highest BCUT2D eigenvalue weighted by Crippen LogP contribution is 2.33. The predicted octanol–water partition coefficient (Wildman–Crippen LogP) is 3.41. The number of rotatable bonds is 2. The number of halogens is 3. The number of benzene rings is 1. The van der Waals surface area contributed by atoms with E-state index in [4.69, 9.17) is 5.73 Å². The molecule has 104 valence electrons. The monoisotopic (exact) mass is 270 g/mol. The fourth-order valence-electron chi connectivity index (χ4n) is 2.31. The summed E-state index contributed by atoms with van der Waals surface area (Å²) in [5.41, 5.74) is 7.36. The maximum atomic E-state index is 12.6. The first-order valence-electron chi connectivity index (χ1n) is 6.25. The number of hydrogen-bond acceptors (Lipinski definition) is 2. The van der Waals surface area contributed by atoms with Crippen LogP contribution in [0.5, 0.6) is 0 Å². The Labute approximate surface area is 110 Å². The van der Waals surface area contributed by atoms with Gasteiger partial charge in [-0.25, -0.2) is 0 Å². The Morgan fingerprint density at radius 1 is 1.26 bits per heavy atom. The standard InChI is InChI=1S/C14H17F3N2/c1-10(18)12-4-2-3-5-13(12)19-8-6-11(7-9-19)14(15,16)17/h2-6,10H,7-9,18H2,1H3/t10-/m0/s1. The molecule has 2 rings (SSSR count). The van der Waals surface area contributed by atoms with Crippen molar-refractivity contribution in [1.82, 2.24) is 0 Å². The van der Waals surface area contributed by atoms with Gasteiger partial charge < -0.3 is 10.6 Å². The molecule has 0 radical (unpaired) electrons. The molecule has 0 saturated heterocycles. The first-order chi connectivity index (χ1) is 8.89. The maximum Gasteiger partial charge on any atom is 0.412 e. The molecule has 1 atom stereocenters. The Balaban J connectivity index is 2.21. The van der Waals surface area contributed by atoms with Crippen LogP contribution in [-0.2, 0) is 0 Å². The molecule has 2 N–H and O–H groups in total. The van der Waals surface area contributed by atoms with E-state index >= 15 is 0 Å². The molecule has 19 heavy (non-hydrogen) atoms. The number of nitrogens with zero attached hydrogens (tertiary/aromatic N) is 1. The Morgan fingerprint density at radius 2 is 1.95 bits per heavy atom. The van der Waals surface area contributed by atoms with Crippen molar-refractivity contribution in [1.29, 1.82) is 0 Å². The van der Waals surface area contributed by atoms with E-state index < -0.39 is 11.7 Å². The molecule has 5 heteroatoms. The van der Waals surface area contributed by atoms with Gasteiger partial charge in [0.1, 0.15) is 0 Å². The maximum absolute atomic E-state index is 12.6. The highest BCUT2D eigenvalue weighted by Gasteiger charge is 2.34. The summed E-state index contributed by atoms with van der Waals surface area (Å²) in [7, 11) is 0. The molecule has 0 aliphatic carbocycles. The van der Waals surface area contributed by atoms with Crippen LogP contribution in [-0.4, -0.2) is 19.3 Å². The number of hydrogen-bond donors (Lipinski definition) is 1. The van der Waals surface area contributed by atoms with E-state index in [2.05, 4.69) is 0 Å². The minimum atomic E-state index is -4.20. The summed E-state index contributed by atoms with van der Waals surface area (Å²) in [6, 6.07) is 7.46. The summed E-state index contributed by atoms with van der Waals surface area (Å²) >= 11 is 0. The molecule has 1 aliphatic rings. The van der Waals surface area contributed by atoms with Crippen molar-refractivity contribution in [2.75, 3.05) is 18.0 Å². The third kappa shape index (κ3) is 3.10. The van der Waals surface area contributed by atoms with Crippen LogP contribution in [0.2, 0.25) is 0 Å². The van der Waals surface area contributed by atoms with Crippen molar-refractivity contribution in [3.63, 3.8) is 0 Å². The fourth-order valence-corrected chi connectivity index (χ4v) is 2.31. The van der Waals surface area contributed by atoms with Gasteiger partial charge in [-0.05, 0) is 25.0 Å². The summed E-state index contributed by atoms with van der Waals surface area (Å²) in [6.45, 7) is 2.52. The van der Waals surface area contributed by atoms with E-state index in [0.717, 1.165) is 11.3 Å². The van der Waals surface area contributed by atoms with Crippen LogP contribution in [0.25, 0.3) is 0 Å². The van der Waals surface area contributed by atoms with Crippen LogP contribution in [0.15, 0.2) is 35.9 Å². The summed E-state index contributed by atoms with van der Waals surface area (Å²) < 4.78 is 37.7. The lowest BCUT2D eigenvalue weighted by Crippen LogP contribution is -2.32. The normalized spacial score (nSPS) is 18.2. The van der Waals surface area contributed by atoms with Crippen LogP contribution < -0.4 is 10.6 Å². The summed E-state index contributed by atoms with van der Waals surface area (Å²) in [6.07, 6.45) is -2.91. The van der Waals surface area contributed by atoms with E-state index in [9.17, 15) is 13.2 Å². The highest BCUT2D eigenvalue weighted by molar-refractivity contribution is 5.56. The topological polar surface area (TPSA) is 29.3 Å². The van der Waals surface area contributed by atoms with Gasteiger partial charge in [0, 0.05) is 30.4 Å². The SMILES string of the molecule is C[C@H](N)c1ccccc1N1CC=C(C(F)(F)F)CC1. The first-order valence-corrected chi connectivity index (χ1v) is 6.25. The Bertz CT molecular complexity index is 478. The molecule has 1 aromatic rings. The smallest absolute Gasteiger partial charge is 0.367 e. The minimum Gasteiger partial charge on any atom is -0.367 e. The molecule has 0 fully saturated rings. The highest BCUT2D eigenvalue weighted by atomic mass is 19.4. The lowest BCUT2D eigenvalue weighted by atomic mass is 10.0. The predicted molar refractivity (Wildman–Crippen MR) is 70.0 cm³/mol. The number of anilines is 1. The molecule has 0 saturated carbocycles.